The van der Waals surface area contributed by atoms with E-state index in [0.29, 0.717) is 29.4 Å². The average Bonchev–Trinajstić information content (AvgIpc) is 2.78. The highest BCUT2D eigenvalue weighted by Gasteiger charge is 2.36. The molecule has 2 aromatic rings. The molecular formula is C24H25BrN2O5. The van der Waals surface area contributed by atoms with E-state index in [-0.39, 0.29) is 5.57 Å². The van der Waals surface area contributed by atoms with Crippen LogP contribution >= 0.6 is 15.9 Å². The quantitative estimate of drug-likeness (QED) is 0.294. The van der Waals surface area contributed by atoms with Crippen LogP contribution in [0.5, 0.6) is 11.5 Å². The van der Waals surface area contributed by atoms with Crippen LogP contribution in [-0.4, -0.2) is 31.6 Å². The number of hydrogen-bond acceptors (Lipinski definition) is 5. The highest BCUT2D eigenvalue weighted by molar-refractivity contribution is 9.10. The van der Waals surface area contributed by atoms with Gasteiger partial charge in [-0.2, -0.15) is 0 Å². The normalized spacial score (nSPS) is 15.2. The van der Waals surface area contributed by atoms with E-state index < -0.39 is 17.8 Å². The predicted molar refractivity (Wildman–Crippen MR) is 126 cm³/mol. The number of benzene rings is 2. The van der Waals surface area contributed by atoms with Gasteiger partial charge in [-0.15, -0.1) is 0 Å². The van der Waals surface area contributed by atoms with E-state index in [2.05, 4.69) is 28.2 Å². The van der Waals surface area contributed by atoms with Crippen molar-refractivity contribution in [2.45, 2.75) is 32.6 Å². The maximum atomic E-state index is 13.0. The molecule has 0 unspecified atom stereocenters. The lowest BCUT2D eigenvalue weighted by Gasteiger charge is -2.26. The molecule has 7 nitrogen and oxygen atoms in total. The van der Waals surface area contributed by atoms with E-state index in [4.69, 9.17) is 9.47 Å². The predicted octanol–water partition coefficient (Wildman–Crippen LogP) is 5.08. The van der Waals surface area contributed by atoms with Gasteiger partial charge in [-0.05, 0) is 54.5 Å². The summed E-state index contributed by atoms with van der Waals surface area (Å²) in [6.45, 7) is 2.74. The summed E-state index contributed by atoms with van der Waals surface area (Å²) in [5.74, 6) is -0.351. The molecule has 0 spiro atoms. The first-order valence-electron chi connectivity index (χ1n) is 10.4. The molecule has 32 heavy (non-hydrogen) atoms. The van der Waals surface area contributed by atoms with Gasteiger partial charge in [0.05, 0.1) is 19.4 Å². The molecule has 0 aromatic heterocycles. The summed E-state index contributed by atoms with van der Waals surface area (Å²) in [7, 11) is 1.53. The number of methoxy groups -OCH3 is 1. The zero-order valence-corrected chi connectivity index (χ0v) is 19.6. The summed E-state index contributed by atoms with van der Waals surface area (Å²) in [6, 6.07) is 11.0. The molecule has 2 aromatic carbocycles. The minimum absolute atomic E-state index is 0.150. The van der Waals surface area contributed by atoms with Crippen LogP contribution in [-0.2, 0) is 9.59 Å². The van der Waals surface area contributed by atoms with Crippen LogP contribution in [0.1, 0.15) is 38.2 Å². The molecule has 4 amide bonds. The second-order valence-electron chi connectivity index (χ2n) is 7.25. The Morgan fingerprint density at radius 1 is 1.00 bits per heavy atom. The van der Waals surface area contributed by atoms with E-state index in [9.17, 15) is 14.4 Å². The van der Waals surface area contributed by atoms with Crippen molar-refractivity contribution in [3.05, 3.63) is 58.1 Å². The maximum Gasteiger partial charge on any atom is 0.335 e. The Labute approximate surface area is 195 Å². The highest BCUT2D eigenvalue weighted by Crippen LogP contribution is 2.30. The monoisotopic (exact) mass is 500 g/mol. The number of unbranched alkanes of at least 4 members (excludes halogenated alkanes) is 3. The lowest BCUT2D eigenvalue weighted by Crippen LogP contribution is -2.54. The Kier molecular flexibility index (Phi) is 8.05. The van der Waals surface area contributed by atoms with Crippen LogP contribution in [0.15, 0.2) is 52.5 Å². The Morgan fingerprint density at radius 2 is 1.75 bits per heavy atom. The zero-order valence-electron chi connectivity index (χ0n) is 18.0. The molecule has 1 heterocycles. The number of urea groups is 1. The lowest BCUT2D eigenvalue weighted by molar-refractivity contribution is -0.122. The summed E-state index contributed by atoms with van der Waals surface area (Å²) >= 11 is 3.32. The van der Waals surface area contributed by atoms with Gasteiger partial charge in [-0.1, -0.05) is 48.2 Å². The number of anilines is 1. The van der Waals surface area contributed by atoms with Crippen LogP contribution in [0.25, 0.3) is 6.08 Å². The molecule has 168 valence electrons. The fourth-order valence-electron chi connectivity index (χ4n) is 3.25. The summed E-state index contributed by atoms with van der Waals surface area (Å²) in [5.41, 5.74) is 0.782. The largest absolute Gasteiger partial charge is 0.493 e. The first-order valence-corrected chi connectivity index (χ1v) is 11.2. The number of halogens is 1. The number of imide groups is 2. The van der Waals surface area contributed by atoms with Gasteiger partial charge in [0.1, 0.15) is 5.57 Å². The van der Waals surface area contributed by atoms with Gasteiger partial charge in [-0.3, -0.25) is 14.9 Å². The van der Waals surface area contributed by atoms with Crippen molar-refractivity contribution in [1.82, 2.24) is 5.32 Å². The number of hydrogen-bond donors (Lipinski definition) is 1. The smallest absolute Gasteiger partial charge is 0.335 e. The fourth-order valence-corrected chi connectivity index (χ4v) is 3.52. The zero-order chi connectivity index (χ0) is 23.1. The van der Waals surface area contributed by atoms with E-state index in [1.165, 1.54) is 19.6 Å². The van der Waals surface area contributed by atoms with Crippen molar-refractivity contribution >= 4 is 45.5 Å². The molecule has 1 saturated heterocycles. The molecule has 0 radical (unpaired) electrons. The SMILES string of the molecule is CCCCCCOc1ccc(/C=C2\C(=O)NC(=O)N(c3ccc(Br)cc3)C2=O)cc1OC. The third-order valence-corrected chi connectivity index (χ3v) is 5.47. The summed E-state index contributed by atoms with van der Waals surface area (Å²) in [5, 5.41) is 2.22. The second kappa shape index (κ2) is 10.9. The van der Waals surface area contributed by atoms with Gasteiger partial charge < -0.3 is 9.47 Å². The van der Waals surface area contributed by atoms with Crippen LogP contribution in [0, 0.1) is 0 Å². The van der Waals surface area contributed by atoms with Crippen LogP contribution in [0.4, 0.5) is 10.5 Å². The van der Waals surface area contributed by atoms with E-state index in [1.54, 1.807) is 42.5 Å². The third-order valence-electron chi connectivity index (χ3n) is 4.94. The van der Waals surface area contributed by atoms with Gasteiger partial charge in [0.25, 0.3) is 11.8 Å². The van der Waals surface area contributed by atoms with Gasteiger partial charge in [-0.25, -0.2) is 9.69 Å². The highest BCUT2D eigenvalue weighted by atomic mass is 79.9. The summed E-state index contributed by atoms with van der Waals surface area (Å²) in [4.78, 5) is 38.6. The topological polar surface area (TPSA) is 84.9 Å². The van der Waals surface area contributed by atoms with Crippen molar-refractivity contribution in [1.29, 1.82) is 0 Å². The van der Waals surface area contributed by atoms with E-state index in [1.807, 2.05) is 0 Å². The number of nitrogens with zero attached hydrogens (tertiary/aromatic N) is 1. The molecule has 0 atom stereocenters. The number of carbonyl (C=O) groups is 3. The van der Waals surface area contributed by atoms with Gasteiger partial charge in [0, 0.05) is 4.47 Å². The average molecular weight is 501 g/mol. The number of amides is 4. The van der Waals surface area contributed by atoms with Gasteiger partial charge in [0.2, 0.25) is 0 Å². The van der Waals surface area contributed by atoms with Crippen molar-refractivity contribution in [2.75, 3.05) is 18.6 Å². The molecule has 1 aliphatic rings. The second-order valence-corrected chi connectivity index (χ2v) is 8.17. The minimum atomic E-state index is -0.788. The Morgan fingerprint density at radius 3 is 2.44 bits per heavy atom. The molecular weight excluding hydrogens is 476 g/mol. The Balaban J connectivity index is 1.82. The third kappa shape index (κ3) is 5.56. The van der Waals surface area contributed by atoms with E-state index in [0.717, 1.165) is 28.6 Å². The van der Waals surface area contributed by atoms with Crippen molar-refractivity contribution in [2.24, 2.45) is 0 Å². The number of nitrogens with one attached hydrogen (secondary N) is 1. The van der Waals surface area contributed by atoms with Gasteiger partial charge >= 0.3 is 6.03 Å². The van der Waals surface area contributed by atoms with Crippen molar-refractivity contribution < 1.29 is 23.9 Å². The maximum absolute atomic E-state index is 13.0. The Bertz CT molecular complexity index is 1030. The first kappa shape index (κ1) is 23.5. The molecule has 8 heteroatoms. The Hall–Kier alpha value is -3.13. The van der Waals surface area contributed by atoms with Crippen LogP contribution in [0.2, 0.25) is 0 Å². The molecule has 0 aliphatic carbocycles. The minimum Gasteiger partial charge on any atom is -0.493 e. The fraction of sp³-hybridized carbons (Fsp3) is 0.292. The molecule has 0 saturated carbocycles. The number of ether oxygens (including phenoxy) is 2. The van der Waals surface area contributed by atoms with Crippen molar-refractivity contribution in [3.8, 4) is 11.5 Å². The van der Waals surface area contributed by atoms with Crippen LogP contribution < -0.4 is 19.7 Å². The summed E-state index contributed by atoms with van der Waals surface area (Å²) < 4.78 is 12.0. The standard InChI is InChI=1S/C24H25BrN2O5/c1-3-4-5-6-13-32-20-12-7-16(15-21(20)31-2)14-19-22(28)26-24(30)27(23(19)29)18-10-8-17(25)9-11-18/h7-12,14-15H,3-6,13H2,1-2H3,(H,26,28,30)/b19-14+. The number of barbiturate groups is 1. The number of rotatable bonds is 9. The molecule has 1 N–H and O–H groups in total. The van der Waals surface area contributed by atoms with Gasteiger partial charge in [0.15, 0.2) is 11.5 Å². The molecule has 1 fully saturated rings. The first-order chi connectivity index (χ1) is 15.4. The van der Waals surface area contributed by atoms with Crippen molar-refractivity contribution in [3.63, 3.8) is 0 Å². The lowest BCUT2D eigenvalue weighted by atomic mass is 10.1. The van der Waals surface area contributed by atoms with E-state index >= 15 is 0 Å². The number of carbonyl (C=O) groups excluding carboxylic acids is 3. The van der Waals surface area contributed by atoms with Crippen LogP contribution in [0.3, 0.4) is 0 Å². The molecule has 1 aliphatic heterocycles. The summed E-state index contributed by atoms with van der Waals surface area (Å²) in [6.07, 6.45) is 5.82. The molecule has 3 rings (SSSR count). The molecule has 0 bridgehead atoms.